The molecule has 0 spiro atoms. The third kappa shape index (κ3) is 4.75. The van der Waals surface area contributed by atoms with Crippen LogP contribution in [-0.2, 0) is 10.8 Å². The first-order valence-corrected chi connectivity index (χ1v) is 11.8. The lowest BCUT2D eigenvalue weighted by atomic mass is 9.72. The lowest BCUT2D eigenvalue weighted by Crippen LogP contribution is -2.23. The summed E-state index contributed by atoms with van der Waals surface area (Å²) in [4.78, 5) is 10.9. The van der Waals surface area contributed by atoms with Gasteiger partial charge in [-0.3, -0.25) is 10.1 Å². The first-order valence-electron chi connectivity index (χ1n) is 11.8. The van der Waals surface area contributed by atoms with Crippen molar-refractivity contribution in [3.05, 3.63) is 129 Å². The van der Waals surface area contributed by atoms with Gasteiger partial charge in [-0.15, -0.1) is 10.2 Å². The van der Waals surface area contributed by atoms with Crippen LogP contribution in [-0.4, -0.2) is 10.0 Å². The first-order chi connectivity index (χ1) is 17.1. The van der Waals surface area contributed by atoms with Crippen molar-refractivity contribution < 1.29 is 10.0 Å². The van der Waals surface area contributed by atoms with Gasteiger partial charge in [0.05, 0.1) is 4.92 Å². The number of benzene rings is 4. The molecule has 0 aliphatic rings. The van der Waals surface area contributed by atoms with Gasteiger partial charge in [-0.2, -0.15) is 0 Å². The van der Waals surface area contributed by atoms with Crippen molar-refractivity contribution in [3.63, 3.8) is 0 Å². The molecular formula is C30H29N3O3. The van der Waals surface area contributed by atoms with Gasteiger partial charge in [0.1, 0.15) is 11.4 Å². The quantitative estimate of drug-likeness (QED) is 0.164. The van der Waals surface area contributed by atoms with E-state index in [1.807, 2.05) is 60.7 Å². The van der Waals surface area contributed by atoms with Crippen LogP contribution >= 0.6 is 0 Å². The highest BCUT2D eigenvalue weighted by Gasteiger charge is 2.32. The Balaban J connectivity index is 1.92. The van der Waals surface area contributed by atoms with Gasteiger partial charge in [0.25, 0.3) is 5.69 Å². The lowest BCUT2D eigenvalue weighted by Gasteiger charge is -2.32. The van der Waals surface area contributed by atoms with Crippen LogP contribution in [0.15, 0.2) is 107 Å². The van der Waals surface area contributed by atoms with Gasteiger partial charge >= 0.3 is 0 Å². The zero-order valence-electron chi connectivity index (χ0n) is 20.8. The Kier molecular flexibility index (Phi) is 6.71. The molecule has 0 heterocycles. The smallest absolute Gasteiger partial charge is 0.296 e. The molecule has 36 heavy (non-hydrogen) atoms. The largest absolute Gasteiger partial charge is 0.505 e. The van der Waals surface area contributed by atoms with E-state index in [-0.39, 0.29) is 22.8 Å². The molecule has 0 saturated heterocycles. The Hall–Kier alpha value is -4.32. The first kappa shape index (κ1) is 24.8. The summed E-state index contributed by atoms with van der Waals surface area (Å²) in [7, 11) is 0. The molecule has 4 rings (SSSR count). The van der Waals surface area contributed by atoms with E-state index >= 15 is 0 Å². The molecule has 0 atom stereocenters. The topological polar surface area (TPSA) is 88.1 Å². The molecule has 0 radical (unpaired) electrons. The standard InChI is InChI=1S/C30H29N3O3/c1-29(2,21-13-7-5-8-14-21)23-19-24(30(3,4)22-15-9-6-10-16-22)28(34)26(20-23)32-31-25-17-11-12-18-27(25)33(35)36/h5-20,34H,1-4H3. The average Bonchev–Trinajstić information content (AvgIpc) is 2.89. The van der Waals surface area contributed by atoms with Gasteiger partial charge in [-0.25, -0.2) is 0 Å². The van der Waals surface area contributed by atoms with Crippen molar-refractivity contribution in [2.45, 2.75) is 38.5 Å². The zero-order valence-corrected chi connectivity index (χ0v) is 20.8. The monoisotopic (exact) mass is 479 g/mol. The normalized spacial score (nSPS) is 12.1. The Morgan fingerprint density at radius 1 is 0.667 bits per heavy atom. The number of nitro benzene ring substituents is 1. The molecule has 0 aliphatic heterocycles. The number of nitro groups is 1. The average molecular weight is 480 g/mol. The van der Waals surface area contributed by atoms with E-state index in [0.29, 0.717) is 5.56 Å². The molecule has 0 amide bonds. The van der Waals surface area contributed by atoms with Gasteiger partial charge in [-0.1, -0.05) is 107 Å². The van der Waals surface area contributed by atoms with E-state index < -0.39 is 15.8 Å². The number of nitrogens with zero attached hydrogens (tertiary/aromatic N) is 3. The number of rotatable bonds is 7. The molecule has 4 aromatic carbocycles. The van der Waals surface area contributed by atoms with Crippen molar-refractivity contribution in [1.29, 1.82) is 0 Å². The van der Waals surface area contributed by atoms with Crippen LogP contribution in [0.2, 0.25) is 0 Å². The molecule has 0 saturated carbocycles. The summed E-state index contributed by atoms with van der Waals surface area (Å²) in [5, 5.41) is 31.4. The molecule has 0 aliphatic carbocycles. The highest BCUT2D eigenvalue weighted by atomic mass is 16.6. The van der Waals surface area contributed by atoms with Crippen LogP contribution in [0.1, 0.15) is 49.9 Å². The summed E-state index contributed by atoms with van der Waals surface area (Å²) in [6.07, 6.45) is 0. The number of hydrogen-bond acceptors (Lipinski definition) is 5. The second kappa shape index (κ2) is 9.74. The number of para-hydroxylation sites is 1. The fourth-order valence-corrected chi connectivity index (χ4v) is 4.38. The SMILES string of the molecule is CC(C)(c1ccccc1)c1cc(N=Nc2ccccc2[N+](=O)[O-])c(O)c(C(C)(C)c2ccccc2)c1. The Morgan fingerprint density at radius 3 is 1.75 bits per heavy atom. The summed E-state index contributed by atoms with van der Waals surface area (Å²) in [5.41, 5.74) is 3.08. The fourth-order valence-electron chi connectivity index (χ4n) is 4.38. The zero-order chi connectivity index (χ0) is 25.9. The summed E-state index contributed by atoms with van der Waals surface area (Å²) < 4.78 is 0. The predicted molar refractivity (Wildman–Crippen MR) is 143 cm³/mol. The molecule has 4 aromatic rings. The number of phenolic OH excluding ortho intramolecular Hbond substituents is 1. The second-order valence-electron chi connectivity index (χ2n) is 9.82. The summed E-state index contributed by atoms with van der Waals surface area (Å²) in [6, 6.07) is 30.1. The molecule has 6 nitrogen and oxygen atoms in total. The molecule has 0 bridgehead atoms. The number of azo groups is 1. The maximum absolute atomic E-state index is 11.4. The van der Waals surface area contributed by atoms with Gasteiger partial charge in [0.15, 0.2) is 5.69 Å². The molecule has 182 valence electrons. The van der Waals surface area contributed by atoms with Crippen molar-refractivity contribution >= 4 is 17.1 Å². The minimum absolute atomic E-state index is 0.00111. The molecule has 1 N–H and O–H groups in total. The minimum atomic E-state index is -0.545. The van der Waals surface area contributed by atoms with Gasteiger partial charge in [0.2, 0.25) is 0 Å². The maximum Gasteiger partial charge on any atom is 0.296 e. The predicted octanol–water partition coefficient (Wildman–Crippen LogP) is 8.37. The molecule has 0 aromatic heterocycles. The Morgan fingerprint density at radius 2 is 1.17 bits per heavy atom. The van der Waals surface area contributed by atoms with Crippen LogP contribution < -0.4 is 0 Å². The Labute approximate surface area is 211 Å². The lowest BCUT2D eigenvalue weighted by molar-refractivity contribution is -0.384. The highest BCUT2D eigenvalue weighted by Crippen LogP contribution is 2.46. The van der Waals surface area contributed by atoms with Crippen molar-refractivity contribution in [3.8, 4) is 5.75 Å². The third-order valence-corrected chi connectivity index (χ3v) is 6.82. The highest BCUT2D eigenvalue weighted by molar-refractivity contribution is 5.64. The minimum Gasteiger partial charge on any atom is -0.505 e. The summed E-state index contributed by atoms with van der Waals surface area (Å²) in [6.45, 7) is 8.35. The maximum atomic E-state index is 11.4. The van der Waals surface area contributed by atoms with Crippen molar-refractivity contribution in [1.82, 2.24) is 0 Å². The third-order valence-electron chi connectivity index (χ3n) is 6.82. The van der Waals surface area contributed by atoms with Gasteiger partial charge in [-0.05, 0) is 28.8 Å². The number of aromatic hydroxyl groups is 1. The molecule has 6 heteroatoms. The fraction of sp³-hybridized carbons (Fsp3) is 0.200. The van der Waals surface area contributed by atoms with Crippen molar-refractivity contribution in [2.75, 3.05) is 0 Å². The van der Waals surface area contributed by atoms with E-state index in [4.69, 9.17) is 0 Å². The van der Waals surface area contributed by atoms with Gasteiger partial charge < -0.3 is 5.11 Å². The number of phenols is 1. The molecule has 0 unspecified atom stereocenters. The van der Waals surface area contributed by atoms with Crippen LogP contribution in [0.3, 0.4) is 0 Å². The van der Waals surface area contributed by atoms with Crippen LogP contribution in [0.25, 0.3) is 0 Å². The van der Waals surface area contributed by atoms with Gasteiger partial charge in [0, 0.05) is 22.5 Å². The van der Waals surface area contributed by atoms with E-state index in [2.05, 4.69) is 50.1 Å². The van der Waals surface area contributed by atoms with Crippen LogP contribution in [0.4, 0.5) is 17.1 Å². The van der Waals surface area contributed by atoms with Crippen molar-refractivity contribution in [2.24, 2.45) is 10.2 Å². The molecule has 0 fully saturated rings. The van der Waals surface area contributed by atoms with Crippen LogP contribution in [0.5, 0.6) is 5.75 Å². The summed E-state index contributed by atoms with van der Waals surface area (Å²) >= 11 is 0. The van der Waals surface area contributed by atoms with E-state index in [1.165, 1.54) is 12.1 Å². The van der Waals surface area contributed by atoms with E-state index in [1.54, 1.807) is 12.1 Å². The van der Waals surface area contributed by atoms with E-state index in [0.717, 1.165) is 16.7 Å². The second-order valence-corrected chi connectivity index (χ2v) is 9.82. The molecular weight excluding hydrogens is 450 g/mol. The van der Waals surface area contributed by atoms with Crippen LogP contribution in [0, 0.1) is 10.1 Å². The number of hydrogen-bond donors (Lipinski definition) is 1. The summed E-state index contributed by atoms with van der Waals surface area (Å²) in [5.74, 6) is -0.00111. The Bertz CT molecular complexity index is 1410. The van der Waals surface area contributed by atoms with E-state index in [9.17, 15) is 15.2 Å².